The van der Waals surface area contributed by atoms with Crippen molar-refractivity contribution in [1.29, 1.82) is 0 Å². The summed E-state index contributed by atoms with van der Waals surface area (Å²) >= 11 is 0. The van der Waals surface area contributed by atoms with Gasteiger partial charge in [0.25, 0.3) is 0 Å². The lowest BCUT2D eigenvalue weighted by molar-refractivity contribution is 0.000378. The second kappa shape index (κ2) is 4.46. The van der Waals surface area contributed by atoms with Crippen LogP contribution in [0.25, 0.3) is 0 Å². The van der Waals surface area contributed by atoms with Gasteiger partial charge < -0.3 is 14.2 Å². The number of aliphatic hydroxyl groups is 1. The van der Waals surface area contributed by atoms with Crippen LogP contribution in [0, 0.1) is 5.41 Å². The number of benzene rings is 1. The predicted octanol–water partition coefficient (Wildman–Crippen LogP) is 3.12. The molecule has 1 aliphatic heterocycles. The van der Waals surface area contributed by atoms with Gasteiger partial charge in [0, 0.05) is 5.41 Å². The molecular formula is C13H19O4P. The van der Waals surface area contributed by atoms with Gasteiger partial charge in [-0.05, 0) is 12.5 Å². The summed E-state index contributed by atoms with van der Waals surface area (Å²) < 4.78 is 23.4. The Bertz CT molecular complexity index is 453. The third kappa shape index (κ3) is 2.39. The number of hydrogen-bond donors (Lipinski definition) is 1. The van der Waals surface area contributed by atoms with Crippen molar-refractivity contribution in [1.82, 2.24) is 0 Å². The lowest BCUT2D eigenvalue weighted by atomic mass is 9.97. The Morgan fingerprint density at radius 1 is 1.22 bits per heavy atom. The lowest BCUT2D eigenvalue weighted by Gasteiger charge is -2.40. The molecule has 2 rings (SSSR count). The molecule has 1 heterocycles. The van der Waals surface area contributed by atoms with Crippen LogP contribution >= 0.6 is 7.60 Å². The highest BCUT2D eigenvalue weighted by molar-refractivity contribution is 7.54. The molecular weight excluding hydrogens is 251 g/mol. The van der Waals surface area contributed by atoms with Crippen molar-refractivity contribution in [3.05, 3.63) is 35.9 Å². The number of rotatable bonds is 2. The molecule has 0 radical (unpaired) electrons. The lowest BCUT2D eigenvalue weighted by Crippen LogP contribution is -2.35. The summed E-state index contributed by atoms with van der Waals surface area (Å²) in [5.74, 6) is 0. The molecule has 1 unspecified atom stereocenters. The second-order valence-corrected chi connectivity index (χ2v) is 7.98. The Morgan fingerprint density at radius 3 is 2.22 bits per heavy atom. The highest BCUT2D eigenvalue weighted by Crippen LogP contribution is 2.66. The molecule has 5 heteroatoms. The number of hydrogen-bond acceptors (Lipinski definition) is 4. The molecule has 4 nitrogen and oxygen atoms in total. The maximum atomic E-state index is 12.6. The van der Waals surface area contributed by atoms with Gasteiger partial charge in [0.05, 0.1) is 13.2 Å². The molecule has 0 amide bonds. The van der Waals surface area contributed by atoms with Crippen LogP contribution in [0.3, 0.4) is 0 Å². The van der Waals surface area contributed by atoms with Gasteiger partial charge in [0.1, 0.15) is 0 Å². The van der Waals surface area contributed by atoms with Crippen LogP contribution in [-0.4, -0.2) is 18.3 Å². The van der Waals surface area contributed by atoms with Crippen molar-refractivity contribution >= 4 is 7.60 Å². The molecule has 1 N–H and O–H groups in total. The van der Waals surface area contributed by atoms with Crippen LogP contribution in [0.5, 0.6) is 0 Å². The van der Waals surface area contributed by atoms with Crippen molar-refractivity contribution in [2.75, 3.05) is 13.2 Å². The molecule has 0 aliphatic carbocycles. The monoisotopic (exact) mass is 270 g/mol. The predicted molar refractivity (Wildman–Crippen MR) is 69.3 cm³/mol. The standard InChI is InChI=1S/C13H19O4P/c1-12(2)9-16-18(15,17-10-12)13(3,14)11-7-5-4-6-8-11/h4-8,14H,9-10H2,1-3H3. The summed E-state index contributed by atoms with van der Waals surface area (Å²) in [6, 6.07) is 8.83. The zero-order valence-electron chi connectivity index (χ0n) is 10.9. The summed E-state index contributed by atoms with van der Waals surface area (Å²) in [7, 11) is -3.56. The van der Waals surface area contributed by atoms with Crippen LogP contribution in [-0.2, 0) is 19.0 Å². The SMILES string of the molecule is CC1(C)COP(=O)(C(C)(O)c2ccccc2)OC1. The minimum Gasteiger partial charge on any atom is -0.373 e. The second-order valence-electron chi connectivity index (χ2n) is 5.60. The first-order valence-electron chi connectivity index (χ1n) is 5.94. The van der Waals surface area contributed by atoms with E-state index in [1.165, 1.54) is 6.92 Å². The third-order valence-corrected chi connectivity index (χ3v) is 5.37. The summed E-state index contributed by atoms with van der Waals surface area (Å²) in [5.41, 5.74) is 0.355. The van der Waals surface area contributed by atoms with Crippen LogP contribution < -0.4 is 0 Å². The van der Waals surface area contributed by atoms with Gasteiger partial charge in [-0.15, -0.1) is 0 Å². The van der Waals surface area contributed by atoms with Crippen LogP contribution in [0.2, 0.25) is 0 Å². The van der Waals surface area contributed by atoms with E-state index in [2.05, 4.69) is 0 Å². The van der Waals surface area contributed by atoms with Crippen LogP contribution in [0.1, 0.15) is 26.3 Å². The first kappa shape index (κ1) is 13.8. The molecule has 1 atom stereocenters. The van der Waals surface area contributed by atoms with Crippen molar-refractivity contribution in [2.45, 2.75) is 26.1 Å². The first-order chi connectivity index (χ1) is 8.27. The molecule has 0 saturated carbocycles. The molecule has 1 aliphatic rings. The first-order valence-corrected chi connectivity index (χ1v) is 7.48. The van der Waals surface area contributed by atoms with Crippen molar-refractivity contribution < 1.29 is 18.7 Å². The molecule has 100 valence electrons. The van der Waals surface area contributed by atoms with E-state index in [-0.39, 0.29) is 5.41 Å². The molecule has 1 fully saturated rings. The average Bonchev–Trinajstić information content (AvgIpc) is 2.34. The van der Waals surface area contributed by atoms with Crippen molar-refractivity contribution in [2.24, 2.45) is 5.41 Å². The average molecular weight is 270 g/mol. The summed E-state index contributed by atoms with van der Waals surface area (Å²) in [5, 5.41) is 8.91. The molecule has 1 saturated heterocycles. The van der Waals surface area contributed by atoms with Gasteiger partial charge in [0.15, 0.2) is 5.34 Å². The van der Waals surface area contributed by atoms with Crippen LogP contribution in [0.15, 0.2) is 30.3 Å². The van der Waals surface area contributed by atoms with E-state index in [9.17, 15) is 9.67 Å². The zero-order valence-corrected chi connectivity index (χ0v) is 11.8. The fraction of sp³-hybridized carbons (Fsp3) is 0.538. The summed E-state index contributed by atoms with van der Waals surface area (Å²) in [4.78, 5) is 0. The highest BCUT2D eigenvalue weighted by atomic mass is 31.2. The smallest absolute Gasteiger partial charge is 0.366 e. The third-order valence-electron chi connectivity index (χ3n) is 3.10. The Balaban J connectivity index is 2.28. The van der Waals surface area contributed by atoms with Crippen molar-refractivity contribution in [3.63, 3.8) is 0 Å². The van der Waals surface area contributed by atoms with Crippen LogP contribution in [0.4, 0.5) is 0 Å². The summed E-state index contributed by atoms with van der Waals surface area (Å²) in [6.07, 6.45) is 0. The van der Waals surface area contributed by atoms with Gasteiger partial charge >= 0.3 is 7.60 Å². The molecule has 0 spiro atoms. The summed E-state index contributed by atoms with van der Waals surface area (Å²) in [6.45, 7) is 6.03. The fourth-order valence-electron chi connectivity index (χ4n) is 1.76. The molecule has 1 aromatic rings. The Kier molecular flexibility index (Phi) is 3.41. The normalized spacial score (nSPS) is 25.3. The molecule has 0 aromatic heterocycles. The maximum absolute atomic E-state index is 12.6. The topological polar surface area (TPSA) is 55.8 Å². The minimum absolute atomic E-state index is 0.180. The van der Waals surface area contributed by atoms with Gasteiger partial charge in [-0.25, -0.2) is 0 Å². The van der Waals surface area contributed by atoms with E-state index >= 15 is 0 Å². The zero-order chi connectivity index (χ0) is 13.4. The van der Waals surface area contributed by atoms with Gasteiger partial charge in [-0.3, -0.25) is 4.57 Å². The molecule has 1 aromatic carbocycles. The maximum Gasteiger partial charge on any atom is 0.366 e. The van der Waals surface area contributed by atoms with E-state index in [4.69, 9.17) is 9.05 Å². The largest absolute Gasteiger partial charge is 0.373 e. The van der Waals surface area contributed by atoms with Gasteiger partial charge in [-0.2, -0.15) is 0 Å². The Morgan fingerprint density at radius 2 is 1.72 bits per heavy atom. The van der Waals surface area contributed by atoms with E-state index in [1.54, 1.807) is 24.3 Å². The minimum atomic E-state index is -3.56. The molecule has 0 bridgehead atoms. The van der Waals surface area contributed by atoms with E-state index < -0.39 is 12.9 Å². The fourth-order valence-corrected chi connectivity index (χ4v) is 3.84. The van der Waals surface area contributed by atoms with Crippen molar-refractivity contribution in [3.8, 4) is 0 Å². The van der Waals surface area contributed by atoms with Gasteiger partial charge in [-0.1, -0.05) is 44.2 Å². The highest BCUT2D eigenvalue weighted by Gasteiger charge is 2.51. The Hall–Kier alpha value is -0.670. The van der Waals surface area contributed by atoms with Gasteiger partial charge in [0.2, 0.25) is 0 Å². The van der Waals surface area contributed by atoms with E-state index in [0.717, 1.165) is 0 Å². The van der Waals surface area contributed by atoms with E-state index in [0.29, 0.717) is 18.8 Å². The molecule has 18 heavy (non-hydrogen) atoms. The van der Waals surface area contributed by atoms with E-state index in [1.807, 2.05) is 19.9 Å². The quantitative estimate of drug-likeness (QED) is 0.839. The Labute approximate surface area is 107 Å².